The Balaban J connectivity index is 1.09. The fraction of sp³-hybridized carbons (Fsp3) is 0. The molecule has 0 saturated heterocycles. The van der Waals surface area contributed by atoms with Gasteiger partial charge in [-0.1, -0.05) is 152 Å². The molecule has 3 heterocycles. The van der Waals surface area contributed by atoms with Gasteiger partial charge in [0.15, 0.2) is 17.5 Å². The van der Waals surface area contributed by atoms with Crippen LogP contribution in [0.25, 0.3) is 126 Å². The van der Waals surface area contributed by atoms with Crippen molar-refractivity contribution in [3.8, 4) is 62.1 Å². The topological polar surface area (TPSA) is 43.6 Å². The van der Waals surface area contributed by atoms with Gasteiger partial charge in [-0.2, -0.15) is 0 Å². The molecule has 5 heteroatoms. The Labute approximate surface area is 373 Å². The fourth-order valence-electron chi connectivity index (χ4n) is 9.54. The highest BCUT2D eigenvalue weighted by Crippen LogP contribution is 2.42. The van der Waals surface area contributed by atoms with Crippen LogP contribution < -0.4 is 0 Å². The smallest absolute Gasteiger partial charge is 0.166 e. The Morgan fingerprint density at radius 3 is 1.47 bits per heavy atom. The largest absolute Gasteiger partial charge is 0.309 e. The summed E-state index contributed by atoms with van der Waals surface area (Å²) >= 11 is 1.79. The maximum atomic E-state index is 5.49. The molecule has 4 nitrogen and oxygen atoms in total. The van der Waals surface area contributed by atoms with Crippen molar-refractivity contribution in [2.75, 3.05) is 0 Å². The van der Waals surface area contributed by atoms with Crippen molar-refractivity contribution in [1.29, 1.82) is 0 Å². The summed E-state index contributed by atoms with van der Waals surface area (Å²) in [6, 6.07) is 78.2. The molecule has 3 aromatic heterocycles. The number of para-hydroxylation sites is 3. The Bertz CT molecular complexity index is 3840. The van der Waals surface area contributed by atoms with Gasteiger partial charge in [-0.3, -0.25) is 0 Å². The summed E-state index contributed by atoms with van der Waals surface area (Å²) < 4.78 is 4.75. The number of hydrogen-bond acceptors (Lipinski definition) is 4. The molecule has 10 aromatic carbocycles. The molecular formula is C59H36N4S. The highest BCUT2D eigenvalue weighted by Gasteiger charge is 2.21. The standard InChI is InChI=1S/C59H36N4S/c1-3-16-39-32-41(30-28-37(39)14-1)43-34-44(42-31-29-38-15-2-4-17-40(38)33-42)36-45(35-43)57-60-58(62-59(61-57)51-23-13-22-49-48-20-8-12-27-55(48)64-56(49)51)50-21-7-11-26-54(50)63-52-24-9-5-18-46(52)47-19-6-10-25-53(47)63/h1-36H. The second-order valence-electron chi connectivity index (χ2n) is 16.4. The number of aromatic nitrogens is 4. The lowest BCUT2D eigenvalue weighted by Crippen LogP contribution is -2.04. The highest BCUT2D eigenvalue weighted by atomic mass is 32.1. The van der Waals surface area contributed by atoms with E-state index in [1.807, 2.05) is 0 Å². The number of fused-ring (bicyclic) bond motifs is 8. The molecule has 0 saturated carbocycles. The molecule has 0 amide bonds. The van der Waals surface area contributed by atoms with E-state index in [0.29, 0.717) is 17.5 Å². The third kappa shape index (κ3) is 6.01. The lowest BCUT2D eigenvalue weighted by molar-refractivity contribution is 1.07. The van der Waals surface area contributed by atoms with Crippen LogP contribution in [0.4, 0.5) is 0 Å². The van der Waals surface area contributed by atoms with Crippen LogP contribution in [0, 0.1) is 0 Å². The highest BCUT2D eigenvalue weighted by molar-refractivity contribution is 7.26. The van der Waals surface area contributed by atoms with E-state index < -0.39 is 0 Å². The first-order chi connectivity index (χ1) is 31.7. The zero-order chi connectivity index (χ0) is 42.1. The van der Waals surface area contributed by atoms with Crippen LogP contribution in [0.15, 0.2) is 218 Å². The molecule has 0 unspecified atom stereocenters. The van der Waals surface area contributed by atoms with Crippen molar-refractivity contribution < 1.29 is 0 Å². The van der Waals surface area contributed by atoms with E-state index in [-0.39, 0.29) is 0 Å². The monoisotopic (exact) mass is 832 g/mol. The second kappa shape index (κ2) is 14.7. The molecule has 0 aliphatic heterocycles. The maximum absolute atomic E-state index is 5.49. The zero-order valence-electron chi connectivity index (χ0n) is 34.5. The molecule has 0 aliphatic carbocycles. The van der Waals surface area contributed by atoms with Gasteiger partial charge in [0.2, 0.25) is 0 Å². The van der Waals surface area contributed by atoms with E-state index in [9.17, 15) is 0 Å². The van der Waals surface area contributed by atoms with Gasteiger partial charge in [-0.15, -0.1) is 11.3 Å². The summed E-state index contributed by atoms with van der Waals surface area (Å²) in [5.41, 5.74) is 10.5. The summed E-state index contributed by atoms with van der Waals surface area (Å²) in [6.45, 7) is 0. The number of rotatable bonds is 6. The average Bonchev–Trinajstić information content (AvgIpc) is 3.92. The van der Waals surface area contributed by atoms with Crippen LogP contribution in [-0.2, 0) is 0 Å². The van der Waals surface area contributed by atoms with Crippen molar-refractivity contribution in [3.63, 3.8) is 0 Å². The first kappa shape index (κ1) is 36.4. The first-order valence-electron chi connectivity index (χ1n) is 21.6. The van der Waals surface area contributed by atoms with E-state index >= 15 is 0 Å². The van der Waals surface area contributed by atoms with Crippen molar-refractivity contribution >= 4 is 74.9 Å². The van der Waals surface area contributed by atoms with E-state index in [1.54, 1.807) is 11.3 Å². The summed E-state index contributed by atoms with van der Waals surface area (Å²) in [7, 11) is 0. The molecule has 298 valence electrons. The minimum absolute atomic E-state index is 0.610. The summed E-state index contributed by atoms with van der Waals surface area (Å²) in [6.07, 6.45) is 0. The Kier molecular flexibility index (Phi) is 8.36. The molecule has 0 N–H and O–H groups in total. The van der Waals surface area contributed by atoms with Crippen LogP contribution in [0.3, 0.4) is 0 Å². The van der Waals surface area contributed by atoms with Gasteiger partial charge in [-0.05, 0) is 111 Å². The third-order valence-electron chi connectivity index (χ3n) is 12.6. The first-order valence-corrected chi connectivity index (χ1v) is 22.4. The SMILES string of the molecule is c1ccc(-n2c3ccccc3c3ccccc32)c(-c2nc(-c3cc(-c4ccc5ccccc5c4)cc(-c4ccc5ccccc5c4)c3)nc(-c3cccc4c3sc3ccccc34)n2)c1. The number of thiophene rings is 1. The molecule has 0 fully saturated rings. The van der Waals surface area contributed by atoms with Gasteiger partial charge in [-0.25, -0.2) is 15.0 Å². The van der Waals surface area contributed by atoms with Crippen molar-refractivity contribution in [2.45, 2.75) is 0 Å². The van der Waals surface area contributed by atoms with E-state index in [0.717, 1.165) is 60.4 Å². The van der Waals surface area contributed by atoms with E-state index in [4.69, 9.17) is 15.0 Å². The molecule has 13 rings (SSSR count). The van der Waals surface area contributed by atoms with Crippen LogP contribution in [0.1, 0.15) is 0 Å². The van der Waals surface area contributed by atoms with E-state index in [2.05, 4.69) is 223 Å². The fourth-order valence-corrected chi connectivity index (χ4v) is 10.7. The average molecular weight is 833 g/mol. The number of hydrogen-bond donors (Lipinski definition) is 0. The van der Waals surface area contributed by atoms with Gasteiger partial charge >= 0.3 is 0 Å². The van der Waals surface area contributed by atoms with Gasteiger partial charge in [0.1, 0.15) is 0 Å². The lowest BCUT2D eigenvalue weighted by atomic mass is 9.93. The summed E-state index contributed by atoms with van der Waals surface area (Å²) in [5, 5.41) is 9.65. The van der Waals surface area contributed by atoms with Gasteiger partial charge < -0.3 is 4.57 Å². The number of nitrogens with zero attached hydrogens (tertiary/aromatic N) is 4. The summed E-state index contributed by atoms with van der Waals surface area (Å²) in [5.74, 6) is 1.86. The Morgan fingerprint density at radius 2 is 0.797 bits per heavy atom. The predicted octanol–water partition coefficient (Wildman–Crippen LogP) is 16.0. The molecule has 0 spiro atoms. The number of benzene rings is 10. The molecule has 0 radical (unpaired) electrons. The minimum Gasteiger partial charge on any atom is -0.309 e. The van der Waals surface area contributed by atoms with Gasteiger partial charge in [0.25, 0.3) is 0 Å². The Hall–Kier alpha value is -8.25. The Morgan fingerprint density at radius 1 is 0.312 bits per heavy atom. The van der Waals surface area contributed by atoms with Gasteiger partial charge in [0, 0.05) is 47.6 Å². The lowest BCUT2D eigenvalue weighted by Gasteiger charge is -2.16. The zero-order valence-corrected chi connectivity index (χ0v) is 35.3. The molecule has 0 atom stereocenters. The molecule has 0 bridgehead atoms. The van der Waals surface area contributed by atoms with Crippen LogP contribution in [0.2, 0.25) is 0 Å². The second-order valence-corrected chi connectivity index (χ2v) is 17.4. The summed E-state index contributed by atoms with van der Waals surface area (Å²) in [4.78, 5) is 16.4. The molecule has 64 heavy (non-hydrogen) atoms. The normalized spacial score (nSPS) is 11.8. The molecule has 0 aliphatic rings. The minimum atomic E-state index is 0.610. The van der Waals surface area contributed by atoms with Crippen LogP contribution in [-0.4, -0.2) is 19.5 Å². The maximum Gasteiger partial charge on any atom is 0.166 e. The molecular weight excluding hydrogens is 797 g/mol. The molecule has 13 aromatic rings. The quantitative estimate of drug-likeness (QED) is 0.168. The van der Waals surface area contributed by atoms with Crippen LogP contribution in [0.5, 0.6) is 0 Å². The van der Waals surface area contributed by atoms with Crippen molar-refractivity contribution in [3.05, 3.63) is 218 Å². The van der Waals surface area contributed by atoms with Gasteiger partial charge in [0.05, 0.1) is 16.7 Å². The predicted molar refractivity (Wildman–Crippen MR) is 269 cm³/mol. The van der Waals surface area contributed by atoms with Crippen molar-refractivity contribution in [2.24, 2.45) is 0 Å². The van der Waals surface area contributed by atoms with E-state index in [1.165, 1.54) is 47.8 Å². The van der Waals surface area contributed by atoms with Crippen LogP contribution >= 0.6 is 11.3 Å². The van der Waals surface area contributed by atoms with Crippen molar-refractivity contribution in [1.82, 2.24) is 19.5 Å². The third-order valence-corrected chi connectivity index (χ3v) is 13.8.